The van der Waals surface area contributed by atoms with Crippen LogP contribution in [0.2, 0.25) is 0 Å². The molecule has 0 aliphatic rings. The molecule has 0 aromatic carbocycles. The SMILES string of the molecule is CN(C)c1ncnc2ccnc(=O)n12. The lowest BCUT2D eigenvalue weighted by molar-refractivity contribution is 0.873. The third kappa shape index (κ3) is 1.20. The van der Waals surface area contributed by atoms with E-state index in [-0.39, 0.29) is 5.69 Å². The van der Waals surface area contributed by atoms with Crippen LogP contribution >= 0.6 is 0 Å². The Morgan fingerprint density at radius 3 is 2.79 bits per heavy atom. The maximum Gasteiger partial charge on any atom is 0.356 e. The Morgan fingerprint density at radius 2 is 2.07 bits per heavy atom. The molecule has 2 rings (SSSR count). The minimum absolute atomic E-state index is 0.369. The van der Waals surface area contributed by atoms with E-state index >= 15 is 0 Å². The highest BCUT2D eigenvalue weighted by Crippen LogP contribution is 2.04. The highest BCUT2D eigenvalue weighted by Gasteiger charge is 2.05. The zero-order valence-electron chi connectivity index (χ0n) is 7.88. The van der Waals surface area contributed by atoms with Crippen LogP contribution in [0.1, 0.15) is 0 Å². The van der Waals surface area contributed by atoms with Gasteiger partial charge in [0.2, 0.25) is 5.95 Å². The van der Waals surface area contributed by atoms with Gasteiger partial charge < -0.3 is 4.90 Å². The van der Waals surface area contributed by atoms with Crippen molar-refractivity contribution in [2.45, 2.75) is 0 Å². The fraction of sp³-hybridized carbons (Fsp3) is 0.250. The Morgan fingerprint density at radius 1 is 1.29 bits per heavy atom. The largest absolute Gasteiger partial charge is 0.356 e. The first-order valence-electron chi connectivity index (χ1n) is 4.06. The normalized spacial score (nSPS) is 10.4. The monoisotopic (exact) mass is 191 g/mol. The summed E-state index contributed by atoms with van der Waals surface area (Å²) in [7, 11) is 3.61. The van der Waals surface area contributed by atoms with Crippen molar-refractivity contribution in [2.24, 2.45) is 0 Å². The van der Waals surface area contributed by atoms with E-state index in [1.807, 2.05) is 0 Å². The number of aromatic nitrogens is 4. The van der Waals surface area contributed by atoms with Crippen LogP contribution in [-0.4, -0.2) is 33.4 Å². The molecule has 0 fully saturated rings. The van der Waals surface area contributed by atoms with Crippen LogP contribution in [0.3, 0.4) is 0 Å². The predicted octanol–water partition coefficient (Wildman–Crippen LogP) is -0.450. The molecule has 2 aromatic heterocycles. The third-order valence-electron chi connectivity index (χ3n) is 1.79. The van der Waals surface area contributed by atoms with Crippen LogP contribution in [0.4, 0.5) is 5.95 Å². The van der Waals surface area contributed by atoms with Gasteiger partial charge in [-0.15, -0.1) is 0 Å². The molecule has 72 valence electrons. The molecule has 0 N–H and O–H groups in total. The van der Waals surface area contributed by atoms with Crippen molar-refractivity contribution < 1.29 is 0 Å². The molecule has 0 amide bonds. The summed E-state index contributed by atoms with van der Waals surface area (Å²) >= 11 is 0. The predicted molar refractivity (Wildman–Crippen MR) is 51.4 cm³/mol. The molecule has 0 bridgehead atoms. The summed E-state index contributed by atoms with van der Waals surface area (Å²) in [5.74, 6) is 0.521. The summed E-state index contributed by atoms with van der Waals surface area (Å²) in [6, 6.07) is 1.66. The van der Waals surface area contributed by atoms with Gasteiger partial charge in [0, 0.05) is 26.4 Å². The third-order valence-corrected chi connectivity index (χ3v) is 1.79. The van der Waals surface area contributed by atoms with Crippen molar-refractivity contribution in [1.29, 1.82) is 0 Å². The highest BCUT2D eigenvalue weighted by molar-refractivity contribution is 5.43. The molecule has 14 heavy (non-hydrogen) atoms. The summed E-state index contributed by atoms with van der Waals surface area (Å²) in [4.78, 5) is 24.8. The zero-order valence-corrected chi connectivity index (χ0v) is 7.88. The van der Waals surface area contributed by atoms with Crippen molar-refractivity contribution >= 4 is 11.6 Å². The van der Waals surface area contributed by atoms with Gasteiger partial charge in [0.15, 0.2) is 0 Å². The number of hydrogen-bond donors (Lipinski definition) is 0. The smallest absolute Gasteiger partial charge is 0.348 e. The van der Waals surface area contributed by atoms with Gasteiger partial charge in [-0.2, -0.15) is 0 Å². The molecule has 0 saturated carbocycles. The molecule has 0 unspecified atom stereocenters. The quantitative estimate of drug-likeness (QED) is 0.611. The fourth-order valence-electron chi connectivity index (χ4n) is 1.20. The summed E-state index contributed by atoms with van der Waals surface area (Å²) in [5, 5.41) is 0. The molecule has 2 aromatic rings. The molecular formula is C8H9N5O. The van der Waals surface area contributed by atoms with E-state index < -0.39 is 0 Å². The van der Waals surface area contributed by atoms with E-state index in [2.05, 4.69) is 15.0 Å². The molecule has 0 saturated heterocycles. The first kappa shape index (κ1) is 8.61. The van der Waals surface area contributed by atoms with Gasteiger partial charge in [-0.3, -0.25) is 0 Å². The molecule has 2 heterocycles. The Labute approximate surface area is 79.9 Å². The van der Waals surface area contributed by atoms with Gasteiger partial charge in [0.1, 0.15) is 12.0 Å². The van der Waals surface area contributed by atoms with Gasteiger partial charge in [0.05, 0.1) is 0 Å². The van der Waals surface area contributed by atoms with Crippen molar-refractivity contribution in [1.82, 2.24) is 19.4 Å². The summed E-state index contributed by atoms with van der Waals surface area (Å²) in [5.41, 5.74) is 0.176. The summed E-state index contributed by atoms with van der Waals surface area (Å²) in [6.07, 6.45) is 2.86. The van der Waals surface area contributed by atoms with Gasteiger partial charge in [-0.05, 0) is 0 Å². The van der Waals surface area contributed by atoms with Crippen LogP contribution < -0.4 is 10.6 Å². The second-order valence-electron chi connectivity index (χ2n) is 2.99. The van der Waals surface area contributed by atoms with E-state index in [1.54, 1.807) is 25.1 Å². The minimum Gasteiger partial charge on any atom is -0.348 e. The molecule has 0 aliphatic heterocycles. The molecule has 0 spiro atoms. The maximum atomic E-state index is 11.4. The number of nitrogens with zero attached hydrogens (tertiary/aromatic N) is 5. The fourth-order valence-corrected chi connectivity index (χ4v) is 1.20. The summed E-state index contributed by atoms with van der Waals surface area (Å²) in [6.45, 7) is 0. The first-order chi connectivity index (χ1) is 6.70. The van der Waals surface area contributed by atoms with Crippen LogP contribution in [-0.2, 0) is 0 Å². The van der Waals surface area contributed by atoms with Crippen molar-refractivity contribution in [3.8, 4) is 0 Å². The van der Waals surface area contributed by atoms with E-state index in [9.17, 15) is 4.79 Å². The van der Waals surface area contributed by atoms with Crippen molar-refractivity contribution in [3.05, 3.63) is 29.1 Å². The lowest BCUT2D eigenvalue weighted by Gasteiger charge is -2.12. The maximum absolute atomic E-state index is 11.4. The Bertz CT molecular complexity index is 513. The topological polar surface area (TPSA) is 63.4 Å². The molecule has 0 atom stereocenters. The lowest BCUT2D eigenvalue weighted by Crippen LogP contribution is -2.25. The lowest BCUT2D eigenvalue weighted by atomic mass is 10.6. The molecular weight excluding hydrogens is 182 g/mol. The van der Waals surface area contributed by atoms with E-state index in [0.717, 1.165) is 0 Å². The second kappa shape index (κ2) is 3.06. The first-order valence-corrected chi connectivity index (χ1v) is 4.06. The molecule has 6 nitrogen and oxygen atoms in total. The van der Waals surface area contributed by atoms with E-state index in [0.29, 0.717) is 11.6 Å². The number of fused-ring (bicyclic) bond motifs is 1. The molecule has 0 aliphatic carbocycles. The Balaban J connectivity index is 2.91. The molecule has 6 heteroatoms. The Hall–Kier alpha value is -1.98. The standard InChI is InChI=1S/C8H9N5O/c1-12(2)7-11-5-10-6-3-4-9-8(14)13(6)7/h3-5H,1-2H3. The Kier molecular flexibility index (Phi) is 1.88. The summed E-state index contributed by atoms with van der Waals surface area (Å²) < 4.78 is 1.36. The zero-order chi connectivity index (χ0) is 10.1. The van der Waals surface area contributed by atoms with E-state index in [1.165, 1.54) is 16.9 Å². The highest BCUT2D eigenvalue weighted by atomic mass is 16.1. The van der Waals surface area contributed by atoms with E-state index in [4.69, 9.17) is 0 Å². The van der Waals surface area contributed by atoms with Gasteiger partial charge in [0.25, 0.3) is 0 Å². The van der Waals surface area contributed by atoms with Gasteiger partial charge in [-0.1, -0.05) is 0 Å². The van der Waals surface area contributed by atoms with Crippen molar-refractivity contribution in [2.75, 3.05) is 19.0 Å². The minimum atomic E-state index is -0.369. The number of anilines is 1. The van der Waals surface area contributed by atoms with Crippen LogP contribution in [0.25, 0.3) is 5.65 Å². The van der Waals surface area contributed by atoms with Gasteiger partial charge in [-0.25, -0.2) is 24.1 Å². The van der Waals surface area contributed by atoms with Crippen LogP contribution in [0.5, 0.6) is 0 Å². The van der Waals surface area contributed by atoms with Crippen LogP contribution in [0.15, 0.2) is 23.4 Å². The van der Waals surface area contributed by atoms with Gasteiger partial charge >= 0.3 is 5.69 Å². The number of hydrogen-bond acceptors (Lipinski definition) is 5. The average Bonchev–Trinajstić information content (AvgIpc) is 2.17. The second-order valence-corrected chi connectivity index (χ2v) is 2.99. The average molecular weight is 191 g/mol. The molecule has 0 radical (unpaired) electrons. The van der Waals surface area contributed by atoms with Crippen LogP contribution in [0, 0.1) is 0 Å². The van der Waals surface area contributed by atoms with Crippen molar-refractivity contribution in [3.63, 3.8) is 0 Å². The number of rotatable bonds is 1.